The number of imidazole rings is 1. The first-order valence-corrected chi connectivity index (χ1v) is 7.82. The zero-order valence-electron chi connectivity index (χ0n) is 11.3. The van der Waals surface area contributed by atoms with Crippen molar-refractivity contribution in [1.82, 2.24) is 19.5 Å². The fourth-order valence-corrected chi connectivity index (χ4v) is 3.01. The maximum Gasteiger partial charge on any atom is 0.336 e. The number of nitrogens with two attached hydrogens (primary N) is 1. The second-order valence-electron chi connectivity index (χ2n) is 4.64. The number of anilines is 1. The van der Waals surface area contributed by atoms with Crippen molar-refractivity contribution in [1.29, 1.82) is 0 Å². The molecule has 2 heterocycles. The van der Waals surface area contributed by atoms with Crippen molar-refractivity contribution in [2.45, 2.75) is 6.54 Å². The van der Waals surface area contributed by atoms with Crippen LogP contribution in [-0.2, 0) is 6.54 Å². The highest BCUT2D eigenvalue weighted by Gasteiger charge is 2.16. The molecule has 2 aromatic heterocycles. The highest BCUT2D eigenvalue weighted by molar-refractivity contribution is 9.10. The molecular weight excluding hydrogens is 437 g/mol. The molecule has 3 aromatic rings. The van der Waals surface area contributed by atoms with E-state index in [0.29, 0.717) is 14.8 Å². The van der Waals surface area contributed by atoms with Crippen LogP contribution in [0.25, 0.3) is 11.2 Å². The summed E-state index contributed by atoms with van der Waals surface area (Å²) in [5.41, 5.74) is 6.95. The van der Waals surface area contributed by atoms with E-state index in [1.807, 2.05) is 0 Å². The summed E-state index contributed by atoms with van der Waals surface area (Å²) in [4.78, 5) is 22.5. The van der Waals surface area contributed by atoms with E-state index in [2.05, 4.69) is 46.8 Å². The van der Waals surface area contributed by atoms with Gasteiger partial charge in [-0.05, 0) is 49.6 Å². The van der Waals surface area contributed by atoms with Crippen LogP contribution in [0.15, 0.2) is 27.4 Å². The molecule has 0 radical (unpaired) electrons. The van der Waals surface area contributed by atoms with Crippen molar-refractivity contribution in [2.75, 3.05) is 5.73 Å². The Morgan fingerprint density at radius 3 is 2.74 bits per heavy atom. The summed E-state index contributed by atoms with van der Waals surface area (Å²) in [6.45, 7) is 0.237. The molecule has 7 nitrogen and oxygen atoms in total. The molecule has 3 rings (SSSR count). The van der Waals surface area contributed by atoms with Crippen LogP contribution in [0.4, 0.5) is 10.2 Å². The van der Waals surface area contributed by atoms with Crippen molar-refractivity contribution < 1.29 is 14.3 Å². The lowest BCUT2D eigenvalue weighted by Crippen LogP contribution is -2.06. The second-order valence-corrected chi connectivity index (χ2v) is 6.20. The van der Waals surface area contributed by atoms with Gasteiger partial charge in [0.05, 0.1) is 12.1 Å². The van der Waals surface area contributed by atoms with Gasteiger partial charge in [-0.1, -0.05) is 6.07 Å². The lowest BCUT2D eigenvalue weighted by Gasteiger charge is -2.08. The zero-order valence-corrected chi connectivity index (χ0v) is 14.5. The number of nitrogen functional groups attached to an aromatic ring is 1. The molecule has 0 aliphatic rings. The Labute approximate surface area is 145 Å². The maximum absolute atomic E-state index is 13.4. The van der Waals surface area contributed by atoms with E-state index < -0.39 is 12.0 Å². The van der Waals surface area contributed by atoms with Crippen molar-refractivity contribution in [3.8, 4) is 0 Å². The van der Waals surface area contributed by atoms with Gasteiger partial charge in [-0.25, -0.2) is 9.78 Å². The predicted octanol–water partition coefficient (Wildman–Crippen LogP) is 2.82. The summed E-state index contributed by atoms with van der Waals surface area (Å²) in [5.74, 6) is -1.11. The lowest BCUT2D eigenvalue weighted by atomic mass is 10.1. The summed E-state index contributed by atoms with van der Waals surface area (Å²) >= 11 is 6.45. The van der Waals surface area contributed by atoms with Gasteiger partial charge in [0.2, 0.25) is 0 Å². The molecule has 0 spiro atoms. The first-order valence-electron chi connectivity index (χ1n) is 6.23. The molecule has 0 aliphatic heterocycles. The highest BCUT2D eigenvalue weighted by atomic mass is 79.9. The standard InChI is InChI=1S/C13H8Br2FN5O2/c14-7-2-1-5(3-6(7)11(22)23)4-21-10-8(18-12(21)15)9(17)19-13(16)20-10/h1-3H,4H2,(H,22,23)(H2,17,19,20). The zero-order chi connectivity index (χ0) is 16.7. The number of rotatable bonds is 3. The molecule has 0 unspecified atom stereocenters. The number of halogens is 3. The number of carboxylic acids is 1. The normalized spacial score (nSPS) is 11.1. The Hall–Kier alpha value is -2.07. The molecule has 0 bridgehead atoms. The first kappa shape index (κ1) is 15.8. The topological polar surface area (TPSA) is 107 Å². The molecule has 10 heteroatoms. The minimum Gasteiger partial charge on any atom is -0.478 e. The number of carboxylic acid groups (broad SMARTS) is 1. The SMILES string of the molecule is Nc1nc(F)nc2c1nc(Br)n2Cc1ccc(Br)c(C(=O)O)c1. The van der Waals surface area contributed by atoms with E-state index in [4.69, 9.17) is 5.73 Å². The highest BCUT2D eigenvalue weighted by Crippen LogP contribution is 2.25. The van der Waals surface area contributed by atoms with Gasteiger partial charge in [0, 0.05) is 4.47 Å². The van der Waals surface area contributed by atoms with Crippen molar-refractivity contribution in [3.63, 3.8) is 0 Å². The Morgan fingerprint density at radius 2 is 2.04 bits per heavy atom. The van der Waals surface area contributed by atoms with Crippen molar-refractivity contribution in [2.24, 2.45) is 0 Å². The van der Waals surface area contributed by atoms with Gasteiger partial charge in [0.1, 0.15) is 0 Å². The quantitative estimate of drug-likeness (QED) is 0.475. The van der Waals surface area contributed by atoms with Crippen LogP contribution in [0, 0.1) is 6.08 Å². The molecular formula is C13H8Br2FN5O2. The van der Waals surface area contributed by atoms with Crippen molar-refractivity contribution in [3.05, 3.63) is 44.6 Å². The maximum atomic E-state index is 13.4. The van der Waals surface area contributed by atoms with Gasteiger partial charge in [0.15, 0.2) is 21.7 Å². The molecule has 0 saturated heterocycles. The minimum atomic E-state index is -1.05. The van der Waals surface area contributed by atoms with E-state index in [1.54, 1.807) is 16.7 Å². The Kier molecular flexibility index (Phi) is 4.02. The Bertz CT molecular complexity index is 944. The summed E-state index contributed by atoms with van der Waals surface area (Å²) < 4.78 is 15.8. The average Bonchev–Trinajstić information content (AvgIpc) is 2.78. The van der Waals surface area contributed by atoms with Crippen LogP contribution < -0.4 is 5.73 Å². The van der Waals surface area contributed by atoms with E-state index in [-0.39, 0.29) is 29.1 Å². The Morgan fingerprint density at radius 1 is 1.30 bits per heavy atom. The third-order valence-corrected chi connectivity index (χ3v) is 4.45. The summed E-state index contributed by atoms with van der Waals surface area (Å²) in [6, 6.07) is 4.90. The molecule has 0 saturated carbocycles. The molecule has 0 fully saturated rings. The minimum absolute atomic E-state index is 0.0611. The number of nitrogens with zero attached hydrogens (tertiary/aromatic N) is 4. The van der Waals surface area contributed by atoms with Gasteiger partial charge in [-0.2, -0.15) is 14.4 Å². The molecule has 0 amide bonds. The van der Waals surface area contributed by atoms with E-state index in [9.17, 15) is 14.3 Å². The number of hydrogen-bond acceptors (Lipinski definition) is 5. The Balaban J connectivity index is 2.10. The number of benzene rings is 1. The third kappa shape index (κ3) is 2.91. The van der Waals surface area contributed by atoms with Crippen LogP contribution in [0.3, 0.4) is 0 Å². The monoisotopic (exact) mass is 443 g/mol. The number of fused-ring (bicyclic) bond motifs is 1. The smallest absolute Gasteiger partial charge is 0.336 e. The molecule has 1 aromatic carbocycles. The number of hydrogen-bond donors (Lipinski definition) is 2. The van der Waals surface area contributed by atoms with Crippen LogP contribution in [0.5, 0.6) is 0 Å². The predicted molar refractivity (Wildman–Crippen MR) is 87.6 cm³/mol. The molecule has 118 valence electrons. The van der Waals surface area contributed by atoms with E-state index in [0.717, 1.165) is 0 Å². The molecule has 23 heavy (non-hydrogen) atoms. The van der Waals surface area contributed by atoms with E-state index >= 15 is 0 Å². The fraction of sp³-hybridized carbons (Fsp3) is 0.0769. The average molecular weight is 445 g/mol. The lowest BCUT2D eigenvalue weighted by molar-refractivity contribution is 0.0695. The molecule has 0 aliphatic carbocycles. The fourth-order valence-electron chi connectivity index (χ4n) is 2.13. The first-order chi connectivity index (χ1) is 10.9. The molecule has 0 atom stereocenters. The van der Waals surface area contributed by atoms with Crippen LogP contribution in [0.2, 0.25) is 0 Å². The van der Waals surface area contributed by atoms with Crippen molar-refractivity contribution >= 4 is 54.8 Å². The van der Waals surface area contributed by atoms with Crippen LogP contribution in [-0.4, -0.2) is 30.6 Å². The van der Waals surface area contributed by atoms with Crippen LogP contribution >= 0.6 is 31.9 Å². The van der Waals surface area contributed by atoms with Gasteiger partial charge in [-0.15, -0.1) is 0 Å². The number of carbonyl (C=O) groups is 1. The third-order valence-electron chi connectivity index (χ3n) is 3.15. The summed E-state index contributed by atoms with van der Waals surface area (Å²) in [5, 5.41) is 9.17. The summed E-state index contributed by atoms with van der Waals surface area (Å²) in [6.07, 6.45) is -0.953. The second kappa shape index (κ2) is 5.85. The number of aromatic carboxylic acids is 1. The summed E-state index contributed by atoms with van der Waals surface area (Å²) in [7, 11) is 0. The van der Waals surface area contributed by atoms with Gasteiger partial charge in [-0.3, -0.25) is 4.57 Å². The van der Waals surface area contributed by atoms with Gasteiger partial charge in [0.25, 0.3) is 0 Å². The van der Waals surface area contributed by atoms with Gasteiger partial charge < -0.3 is 10.8 Å². The van der Waals surface area contributed by atoms with Crippen LogP contribution in [0.1, 0.15) is 15.9 Å². The van der Waals surface area contributed by atoms with Gasteiger partial charge >= 0.3 is 12.0 Å². The number of aromatic nitrogens is 4. The largest absolute Gasteiger partial charge is 0.478 e. The van der Waals surface area contributed by atoms with E-state index in [1.165, 1.54) is 6.07 Å². The molecule has 3 N–H and O–H groups in total.